The molecule has 2 atom stereocenters. The van der Waals surface area contributed by atoms with E-state index in [0.29, 0.717) is 0 Å². The standard InChI is InChI=1S/C8H16ClNOS/c1-4-12-5-6(2)10-8(11)7(3)9/h6-7H,4-5H2,1-3H3,(H,10,11). The third-order valence-electron chi connectivity index (χ3n) is 1.32. The summed E-state index contributed by atoms with van der Waals surface area (Å²) in [5.41, 5.74) is 0. The van der Waals surface area contributed by atoms with E-state index >= 15 is 0 Å². The minimum atomic E-state index is -0.431. The van der Waals surface area contributed by atoms with Gasteiger partial charge in [0, 0.05) is 11.8 Å². The van der Waals surface area contributed by atoms with Crippen LogP contribution in [-0.4, -0.2) is 28.8 Å². The normalized spacial score (nSPS) is 15.3. The molecule has 0 aliphatic heterocycles. The van der Waals surface area contributed by atoms with E-state index in [2.05, 4.69) is 12.2 Å². The molecule has 0 bridgehead atoms. The number of rotatable bonds is 5. The summed E-state index contributed by atoms with van der Waals surface area (Å²) in [6.45, 7) is 5.76. The molecule has 0 aromatic heterocycles. The SMILES string of the molecule is CCSCC(C)NC(=O)C(C)Cl. The van der Waals surface area contributed by atoms with E-state index in [0.717, 1.165) is 11.5 Å². The van der Waals surface area contributed by atoms with Gasteiger partial charge in [-0.2, -0.15) is 11.8 Å². The van der Waals surface area contributed by atoms with Crippen LogP contribution in [0.5, 0.6) is 0 Å². The Morgan fingerprint density at radius 2 is 2.17 bits per heavy atom. The third-order valence-corrected chi connectivity index (χ3v) is 2.66. The second kappa shape index (κ2) is 6.61. The van der Waals surface area contributed by atoms with Crippen LogP contribution in [0.3, 0.4) is 0 Å². The van der Waals surface area contributed by atoms with Gasteiger partial charge in [0.25, 0.3) is 0 Å². The first-order valence-electron chi connectivity index (χ1n) is 4.10. The maximum Gasteiger partial charge on any atom is 0.238 e. The van der Waals surface area contributed by atoms with Gasteiger partial charge in [0.15, 0.2) is 0 Å². The van der Waals surface area contributed by atoms with Gasteiger partial charge in [-0.1, -0.05) is 6.92 Å². The summed E-state index contributed by atoms with van der Waals surface area (Å²) in [5, 5.41) is 2.39. The summed E-state index contributed by atoms with van der Waals surface area (Å²) in [6.07, 6.45) is 0. The van der Waals surface area contributed by atoms with Crippen LogP contribution < -0.4 is 5.32 Å². The molecule has 0 saturated carbocycles. The van der Waals surface area contributed by atoms with Gasteiger partial charge in [-0.3, -0.25) is 4.79 Å². The highest BCUT2D eigenvalue weighted by atomic mass is 35.5. The minimum Gasteiger partial charge on any atom is -0.352 e. The van der Waals surface area contributed by atoms with E-state index in [-0.39, 0.29) is 11.9 Å². The summed E-state index contributed by atoms with van der Waals surface area (Å²) in [4.78, 5) is 11.1. The molecule has 1 N–H and O–H groups in total. The molecule has 0 aromatic carbocycles. The summed E-state index contributed by atoms with van der Waals surface area (Å²) in [6, 6.07) is 0.212. The Hall–Kier alpha value is 0.110. The fourth-order valence-electron chi connectivity index (χ4n) is 0.694. The van der Waals surface area contributed by atoms with Crippen molar-refractivity contribution in [1.82, 2.24) is 5.32 Å². The molecule has 4 heteroatoms. The van der Waals surface area contributed by atoms with Crippen molar-refractivity contribution >= 4 is 29.3 Å². The fraction of sp³-hybridized carbons (Fsp3) is 0.875. The lowest BCUT2D eigenvalue weighted by molar-refractivity contribution is -0.120. The van der Waals surface area contributed by atoms with E-state index in [1.165, 1.54) is 0 Å². The van der Waals surface area contributed by atoms with Crippen LogP contribution in [0.15, 0.2) is 0 Å². The number of alkyl halides is 1. The maximum absolute atomic E-state index is 11.1. The molecular weight excluding hydrogens is 194 g/mol. The molecule has 0 rings (SSSR count). The topological polar surface area (TPSA) is 29.1 Å². The Bertz CT molecular complexity index is 141. The van der Waals surface area contributed by atoms with E-state index < -0.39 is 5.38 Å². The number of halogens is 1. The number of nitrogens with one attached hydrogen (secondary N) is 1. The smallest absolute Gasteiger partial charge is 0.238 e. The molecule has 2 unspecified atom stereocenters. The monoisotopic (exact) mass is 209 g/mol. The molecule has 0 saturated heterocycles. The molecule has 72 valence electrons. The molecule has 0 aromatic rings. The van der Waals surface area contributed by atoms with Crippen molar-refractivity contribution in [2.45, 2.75) is 32.2 Å². The van der Waals surface area contributed by atoms with Gasteiger partial charge >= 0.3 is 0 Å². The summed E-state index contributed by atoms with van der Waals surface area (Å²) >= 11 is 7.40. The number of hydrogen-bond donors (Lipinski definition) is 1. The van der Waals surface area contributed by atoms with Crippen molar-refractivity contribution in [3.05, 3.63) is 0 Å². The third kappa shape index (κ3) is 5.72. The lowest BCUT2D eigenvalue weighted by atomic mass is 10.3. The van der Waals surface area contributed by atoms with Gasteiger partial charge < -0.3 is 5.32 Å². The van der Waals surface area contributed by atoms with Gasteiger partial charge in [0.2, 0.25) is 5.91 Å². The van der Waals surface area contributed by atoms with Crippen LogP contribution in [0, 0.1) is 0 Å². The highest BCUT2D eigenvalue weighted by molar-refractivity contribution is 7.99. The van der Waals surface area contributed by atoms with Crippen LogP contribution >= 0.6 is 23.4 Å². The molecule has 0 aliphatic carbocycles. The molecule has 12 heavy (non-hydrogen) atoms. The Balaban J connectivity index is 3.54. The zero-order valence-electron chi connectivity index (χ0n) is 7.76. The van der Waals surface area contributed by atoms with E-state index in [1.807, 2.05) is 18.7 Å². The van der Waals surface area contributed by atoms with Crippen molar-refractivity contribution in [3.63, 3.8) is 0 Å². The summed E-state index contributed by atoms with van der Waals surface area (Å²) < 4.78 is 0. The molecule has 0 fully saturated rings. The Morgan fingerprint density at radius 1 is 1.58 bits per heavy atom. The van der Waals surface area contributed by atoms with Crippen molar-refractivity contribution < 1.29 is 4.79 Å². The number of amides is 1. The van der Waals surface area contributed by atoms with Gasteiger partial charge in [0.05, 0.1) is 0 Å². The lowest BCUT2D eigenvalue weighted by Crippen LogP contribution is -2.38. The zero-order chi connectivity index (χ0) is 9.56. The lowest BCUT2D eigenvalue weighted by Gasteiger charge is -2.13. The molecule has 2 nitrogen and oxygen atoms in total. The van der Waals surface area contributed by atoms with Crippen molar-refractivity contribution in [1.29, 1.82) is 0 Å². The quantitative estimate of drug-likeness (QED) is 0.701. The second-order valence-electron chi connectivity index (χ2n) is 2.69. The van der Waals surface area contributed by atoms with Crippen molar-refractivity contribution in [3.8, 4) is 0 Å². The minimum absolute atomic E-state index is 0.0825. The first-order chi connectivity index (χ1) is 5.57. The van der Waals surface area contributed by atoms with Crippen molar-refractivity contribution in [2.24, 2.45) is 0 Å². The number of carbonyl (C=O) groups is 1. The van der Waals surface area contributed by atoms with Gasteiger partial charge in [-0.15, -0.1) is 11.6 Å². The van der Waals surface area contributed by atoms with E-state index in [4.69, 9.17) is 11.6 Å². The number of hydrogen-bond acceptors (Lipinski definition) is 2. The van der Waals surface area contributed by atoms with Crippen LogP contribution in [-0.2, 0) is 4.79 Å². The first-order valence-corrected chi connectivity index (χ1v) is 5.69. The summed E-state index contributed by atoms with van der Waals surface area (Å²) in [7, 11) is 0. The second-order valence-corrected chi connectivity index (χ2v) is 4.66. The van der Waals surface area contributed by atoms with Gasteiger partial charge in [-0.05, 0) is 19.6 Å². The fourth-order valence-corrected chi connectivity index (χ4v) is 1.43. The van der Waals surface area contributed by atoms with Gasteiger partial charge in [-0.25, -0.2) is 0 Å². The molecule has 1 amide bonds. The highest BCUT2D eigenvalue weighted by Gasteiger charge is 2.11. The van der Waals surface area contributed by atoms with Crippen molar-refractivity contribution in [2.75, 3.05) is 11.5 Å². The largest absolute Gasteiger partial charge is 0.352 e. The highest BCUT2D eigenvalue weighted by Crippen LogP contribution is 2.02. The number of carbonyl (C=O) groups excluding carboxylic acids is 1. The average molecular weight is 210 g/mol. The predicted molar refractivity (Wildman–Crippen MR) is 55.9 cm³/mol. The molecule has 0 spiro atoms. The van der Waals surface area contributed by atoms with Crippen LogP contribution in [0.4, 0.5) is 0 Å². The van der Waals surface area contributed by atoms with E-state index in [1.54, 1.807) is 6.92 Å². The Kier molecular flexibility index (Phi) is 6.67. The van der Waals surface area contributed by atoms with Gasteiger partial charge in [0.1, 0.15) is 5.38 Å². The number of thioether (sulfide) groups is 1. The van der Waals surface area contributed by atoms with Crippen LogP contribution in [0.25, 0.3) is 0 Å². The van der Waals surface area contributed by atoms with Crippen LogP contribution in [0.2, 0.25) is 0 Å². The maximum atomic E-state index is 11.1. The average Bonchev–Trinajstić information content (AvgIpc) is 2.00. The van der Waals surface area contributed by atoms with Crippen LogP contribution in [0.1, 0.15) is 20.8 Å². The zero-order valence-corrected chi connectivity index (χ0v) is 9.34. The molecule has 0 aliphatic rings. The Labute approximate surface area is 83.4 Å². The molecular formula is C8H16ClNOS. The summed E-state index contributed by atoms with van der Waals surface area (Å²) in [5.74, 6) is 1.95. The predicted octanol–water partition coefficient (Wildman–Crippen LogP) is 1.87. The molecule has 0 radical (unpaired) electrons. The van der Waals surface area contributed by atoms with E-state index in [9.17, 15) is 4.79 Å². The first kappa shape index (κ1) is 12.1. The Morgan fingerprint density at radius 3 is 2.58 bits per heavy atom. The molecule has 0 heterocycles.